The monoisotopic (exact) mass is 1720 g/mol. The highest BCUT2D eigenvalue weighted by molar-refractivity contribution is 9.09. The number of halogens is 4. The van der Waals surface area contributed by atoms with E-state index in [0.717, 1.165) is 22.3 Å². The normalized spacial score (nSPS) is 23.1. The Hall–Kier alpha value is -9.20. The Kier molecular flexibility index (Phi) is 33.4. The van der Waals surface area contributed by atoms with Gasteiger partial charge in [0.25, 0.3) is 0 Å². The first-order valence-electron chi connectivity index (χ1n) is 38.9. The summed E-state index contributed by atoms with van der Waals surface area (Å²) in [6.07, 6.45) is 15.1. The van der Waals surface area contributed by atoms with E-state index in [4.69, 9.17) is 0 Å². The summed E-state index contributed by atoms with van der Waals surface area (Å²) in [6.45, 7) is 7.36. The van der Waals surface area contributed by atoms with E-state index in [0.29, 0.717) is 0 Å². The van der Waals surface area contributed by atoms with Crippen molar-refractivity contribution in [3.63, 3.8) is 0 Å². The van der Waals surface area contributed by atoms with Crippen molar-refractivity contribution in [3.8, 4) is 47.4 Å². The van der Waals surface area contributed by atoms with Gasteiger partial charge in [-0.25, -0.2) is 0 Å². The average Bonchev–Trinajstić information content (AvgIpc) is 0.673. The van der Waals surface area contributed by atoms with E-state index in [1.807, 2.05) is 172 Å². The standard InChI is InChI=1S/2C34H32.4C9H8.4CH3Br/c2*1-5-13-27(14-6-1)31-21-32(28-15-7-2-8-16-28)24-33(22-31,29-17-9-3-10-18-29)26-34(23-31,25-32)30-19-11-4-12-20-30;4*1-2-6-9-7-4-3-5-8-9;4*1-2/h2*1-20H,21-26H2;4*3-5,7-8H,1H3;4*1H3. The lowest BCUT2D eigenvalue weighted by molar-refractivity contribution is -0.0694. The fourth-order valence-electron chi connectivity index (χ4n) is 20.7. The molecule has 0 heterocycles. The van der Waals surface area contributed by atoms with E-state index in [1.54, 1.807) is 44.5 Å². The Labute approximate surface area is 707 Å². The van der Waals surface area contributed by atoms with Crippen molar-refractivity contribution in [1.29, 1.82) is 0 Å². The Morgan fingerprint density at radius 3 is 0.330 bits per heavy atom. The van der Waals surface area contributed by atoms with Crippen molar-refractivity contribution in [3.05, 3.63) is 431 Å². The third kappa shape index (κ3) is 21.0. The zero-order chi connectivity index (χ0) is 79.5. The van der Waals surface area contributed by atoms with Crippen molar-refractivity contribution < 1.29 is 0 Å². The third-order valence-electron chi connectivity index (χ3n) is 23.4. The summed E-state index contributed by atoms with van der Waals surface area (Å²) >= 11 is 11.8. The predicted molar refractivity (Wildman–Crippen MR) is 496 cm³/mol. The lowest BCUT2D eigenvalue weighted by Crippen LogP contribution is -2.67. The molecule has 0 N–H and O–H groups in total. The van der Waals surface area contributed by atoms with E-state index < -0.39 is 0 Å². The van der Waals surface area contributed by atoms with Crippen LogP contribution in [0.15, 0.2) is 364 Å². The van der Waals surface area contributed by atoms with Crippen LogP contribution < -0.4 is 0 Å². The summed E-state index contributed by atoms with van der Waals surface area (Å²) in [7, 11) is 0. The summed E-state index contributed by atoms with van der Waals surface area (Å²) in [5, 5.41) is 0. The molecule has 8 saturated carbocycles. The Bertz CT molecular complexity index is 4030. The summed E-state index contributed by atoms with van der Waals surface area (Å²) in [5.74, 6) is 30.4. The van der Waals surface area contributed by atoms with Gasteiger partial charge in [-0.3, -0.25) is 0 Å². The van der Waals surface area contributed by atoms with Crippen molar-refractivity contribution in [2.24, 2.45) is 0 Å². The largest absolute Gasteiger partial charge is 0.101 e. The molecule has 8 aliphatic rings. The van der Waals surface area contributed by atoms with Crippen molar-refractivity contribution in [2.75, 3.05) is 23.3 Å². The minimum Gasteiger partial charge on any atom is -0.101 e. The highest BCUT2D eigenvalue weighted by atomic mass is 79.9. The Morgan fingerprint density at radius 1 is 0.152 bits per heavy atom. The summed E-state index contributed by atoms with van der Waals surface area (Å²) < 4.78 is 0. The second-order valence-electron chi connectivity index (χ2n) is 30.3. The number of benzene rings is 12. The zero-order valence-corrected chi connectivity index (χ0v) is 73.0. The van der Waals surface area contributed by atoms with E-state index >= 15 is 0 Å². The van der Waals surface area contributed by atoms with Gasteiger partial charge in [0.2, 0.25) is 0 Å². The molecule has 4 heteroatoms. The van der Waals surface area contributed by atoms with Gasteiger partial charge >= 0.3 is 0 Å². The minimum absolute atomic E-state index is 0.192. The maximum Gasteiger partial charge on any atom is 0.0245 e. The molecule has 12 aromatic rings. The van der Waals surface area contributed by atoms with Crippen molar-refractivity contribution in [2.45, 2.75) is 148 Å². The van der Waals surface area contributed by atoms with Crippen LogP contribution in [0.1, 0.15) is 172 Å². The first-order valence-corrected chi connectivity index (χ1v) is 45.3. The van der Waals surface area contributed by atoms with Crippen LogP contribution in [0.4, 0.5) is 0 Å². The maximum absolute atomic E-state index is 2.96. The van der Waals surface area contributed by atoms with Crippen LogP contribution >= 0.6 is 63.7 Å². The molecule has 0 aliphatic heterocycles. The molecular weight excluding hydrogens is 1620 g/mol. The van der Waals surface area contributed by atoms with Gasteiger partial charge < -0.3 is 0 Å². The molecule has 0 nitrogen and oxygen atoms in total. The van der Waals surface area contributed by atoms with Gasteiger partial charge in [0.05, 0.1) is 0 Å². The number of hydrogen-bond acceptors (Lipinski definition) is 0. The van der Waals surface area contributed by atoms with Gasteiger partial charge in [-0.05, 0) is 264 Å². The molecule has 112 heavy (non-hydrogen) atoms. The first-order chi connectivity index (χ1) is 55.1. The first kappa shape index (κ1) is 86.8. The molecule has 0 amide bonds. The molecule has 0 atom stereocenters. The van der Waals surface area contributed by atoms with Crippen LogP contribution in [0.3, 0.4) is 0 Å². The zero-order valence-electron chi connectivity index (χ0n) is 66.6. The molecule has 0 unspecified atom stereocenters. The van der Waals surface area contributed by atoms with Gasteiger partial charge in [0.15, 0.2) is 0 Å². The van der Waals surface area contributed by atoms with Crippen LogP contribution in [0.25, 0.3) is 0 Å². The molecule has 12 aromatic carbocycles. The molecule has 8 aliphatic carbocycles. The van der Waals surface area contributed by atoms with Crippen molar-refractivity contribution in [1.82, 2.24) is 0 Å². The molecular formula is C108H108Br4. The smallest absolute Gasteiger partial charge is 0.0245 e. The predicted octanol–water partition coefficient (Wildman–Crippen LogP) is 28.5. The van der Waals surface area contributed by atoms with Gasteiger partial charge in [0.1, 0.15) is 0 Å². The molecule has 8 fully saturated rings. The molecule has 0 saturated heterocycles. The molecule has 0 spiro atoms. The SMILES string of the molecule is CBr.CBr.CBr.CBr.CC#Cc1ccccc1.CC#Cc1ccccc1.CC#Cc1ccccc1.CC#Cc1ccccc1.c1ccc(C23CC4(c5ccccc5)CC(c5ccccc5)(C2)CC(c2ccccc2)(C3)C4)cc1.c1ccc(C23CC4(c5ccccc5)CC(c5ccccc5)(C2)CC(c2ccccc2)(C3)C4)cc1. The molecule has 20 rings (SSSR count). The quantitative estimate of drug-likeness (QED) is 0.105. The number of rotatable bonds is 8. The molecule has 8 bridgehead atoms. The van der Waals surface area contributed by atoms with E-state index in [2.05, 4.69) is 354 Å². The highest BCUT2D eigenvalue weighted by Gasteiger charge is 2.71. The van der Waals surface area contributed by atoms with Gasteiger partial charge in [-0.2, -0.15) is 0 Å². The van der Waals surface area contributed by atoms with Crippen LogP contribution in [0.2, 0.25) is 0 Å². The van der Waals surface area contributed by atoms with Crippen LogP contribution in [0, 0.1) is 47.4 Å². The summed E-state index contributed by atoms with van der Waals surface area (Å²) in [6, 6.07) is 132. The highest BCUT2D eigenvalue weighted by Crippen LogP contribution is 2.76. The Morgan fingerprint density at radius 2 is 0.241 bits per heavy atom. The maximum atomic E-state index is 2.96. The minimum atomic E-state index is 0.192. The summed E-state index contributed by atoms with van der Waals surface area (Å²) in [5.41, 5.74) is 18.3. The number of hydrogen-bond donors (Lipinski definition) is 0. The second-order valence-corrected chi connectivity index (χ2v) is 30.3. The third-order valence-corrected chi connectivity index (χ3v) is 23.4. The van der Waals surface area contributed by atoms with Crippen molar-refractivity contribution >= 4 is 63.7 Å². The van der Waals surface area contributed by atoms with E-state index in [-0.39, 0.29) is 43.3 Å². The lowest BCUT2D eigenvalue weighted by atomic mass is 9.32. The summed E-state index contributed by atoms with van der Waals surface area (Å²) in [4.78, 5) is 0. The average molecular weight is 1730 g/mol. The number of alkyl halides is 4. The van der Waals surface area contributed by atoms with Crippen LogP contribution in [-0.2, 0) is 43.3 Å². The van der Waals surface area contributed by atoms with Gasteiger partial charge in [-0.15, -0.1) is 23.7 Å². The molecule has 0 radical (unpaired) electrons. The topological polar surface area (TPSA) is 0 Å². The van der Waals surface area contributed by atoms with Crippen LogP contribution in [-0.4, -0.2) is 23.3 Å². The van der Waals surface area contributed by atoms with E-state index in [9.17, 15) is 0 Å². The fourth-order valence-corrected chi connectivity index (χ4v) is 20.7. The second kappa shape index (κ2) is 43.2. The van der Waals surface area contributed by atoms with Gasteiger partial charge in [0, 0.05) is 22.3 Å². The van der Waals surface area contributed by atoms with E-state index in [1.165, 1.54) is 77.0 Å². The Balaban J connectivity index is 0.000000169. The lowest BCUT2D eigenvalue weighted by Gasteiger charge is -2.71. The fraction of sp³-hybridized carbons (Fsp3) is 0.259. The van der Waals surface area contributed by atoms with Crippen LogP contribution in [0.5, 0.6) is 0 Å². The molecule has 568 valence electrons. The molecule has 0 aromatic heterocycles. The van der Waals surface area contributed by atoms with Gasteiger partial charge in [-0.1, -0.05) is 403 Å².